The topological polar surface area (TPSA) is 21.6 Å². The van der Waals surface area contributed by atoms with E-state index in [1.54, 1.807) is 0 Å². The molecule has 1 aliphatic rings. The van der Waals surface area contributed by atoms with Crippen molar-refractivity contribution in [2.24, 2.45) is 10.6 Å². The van der Waals surface area contributed by atoms with Gasteiger partial charge in [0.2, 0.25) is 0 Å². The van der Waals surface area contributed by atoms with Gasteiger partial charge in [0.05, 0.1) is 5.71 Å². The molecule has 1 atom stereocenters. The summed E-state index contributed by atoms with van der Waals surface area (Å²) >= 11 is 0. The van der Waals surface area contributed by atoms with Crippen LogP contribution in [0.4, 0.5) is 0 Å². The molecule has 1 rings (SSSR count). The second-order valence-electron chi connectivity index (χ2n) is 4.13. The molecule has 0 N–H and O–H groups in total. The summed E-state index contributed by atoms with van der Waals surface area (Å²) in [5, 5.41) is 4.08. The molecular formula is C9H17NO. The summed E-state index contributed by atoms with van der Waals surface area (Å²) in [7, 11) is 0. The fourth-order valence-electron chi connectivity index (χ4n) is 1.09. The second-order valence-corrected chi connectivity index (χ2v) is 4.13. The third-order valence-electron chi connectivity index (χ3n) is 2.05. The molecule has 0 aliphatic carbocycles. The molecule has 0 aromatic rings. The van der Waals surface area contributed by atoms with Crippen LogP contribution in [-0.2, 0) is 4.84 Å². The molecule has 2 heteroatoms. The largest absolute Gasteiger partial charge is 0.392 e. The lowest BCUT2D eigenvalue weighted by Crippen LogP contribution is -2.20. The van der Waals surface area contributed by atoms with E-state index in [4.69, 9.17) is 4.84 Å². The van der Waals surface area contributed by atoms with Crippen LogP contribution < -0.4 is 0 Å². The van der Waals surface area contributed by atoms with Crippen LogP contribution in [0.3, 0.4) is 0 Å². The molecule has 1 aliphatic heterocycles. The predicted molar refractivity (Wildman–Crippen MR) is 46.7 cm³/mol. The molecule has 64 valence electrons. The first kappa shape index (κ1) is 8.57. The van der Waals surface area contributed by atoms with Crippen molar-refractivity contribution in [1.82, 2.24) is 0 Å². The van der Waals surface area contributed by atoms with E-state index in [-0.39, 0.29) is 5.41 Å². The molecule has 0 aromatic carbocycles. The summed E-state index contributed by atoms with van der Waals surface area (Å²) in [6, 6.07) is 0. The Morgan fingerprint density at radius 1 is 1.55 bits per heavy atom. The zero-order valence-corrected chi connectivity index (χ0v) is 7.85. The van der Waals surface area contributed by atoms with Gasteiger partial charge >= 0.3 is 0 Å². The van der Waals surface area contributed by atoms with E-state index in [1.165, 1.54) is 5.71 Å². The van der Waals surface area contributed by atoms with Gasteiger partial charge in [0, 0.05) is 11.8 Å². The fraction of sp³-hybridized carbons (Fsp3) is 0.889. The first-order valence-electron chi connectivity index (χ1n) is 4.27. The van der Waals surface area contributed by atoms with Crippen LogP contribution in [0.5, 0.6) is 0 Å². The van der Waals surface area contributed by atoms with Gasteiger partial charge in [-0.2, -0.15) is 0 Å². The van der Waals surface area contributed by atoms with Gasteiger partial charge in [-0.3, -0.25) is 0 Å². The van der Waals surface area contributed by atoms with Gasteiger partial charge in [-0.1, -0.05) is 32.9 Å². The van der Waals surface area contributed by atoms with Crippen LogP contribution in [0.25, 0.3) is 0 Å². The Labute approximate surface area is 68.6 Å². The molecule has 0 radical (unpaired) electrons. The molecule has 2 nitrogen and oxygen atoms in total. The molecule has 1 heterocycles. The third-order valence-corrected chi connectivity index (χ3v) is 2.05. The Kier molecular flexibility index (Phi) is 2.21. The highest BCUT2D eigenvalue weighted by Crippen LogP contribution is 2.26. The number of nitrogens with zero attached hydrogens (tertiary/aromatic N) is 1. The Bertz CT molecular complexity index is 167. The minimum absolute atomic E-state index is 0.184. The average molecular weight is 155 g/mol. The summed E-state index contributed by atoms with van der Waals surface area (Å²) in [6.45, 7) is 8.65. The maximum Gasteiger partial charge on any atom is 0.132 e. The second kappa shape index (κ2) is 2.84. The van der Waals surface area contributed by atoms with E-state index < -0.39 is 0 Å². The van der Waals surface area contributed by atoms with Crippen molar-refractivity contribution in [3.05, 3.63) is 0 Å². The standard InChI is InChI=1S/C9H17NO/c1-5-7-6-8(10-11-7)9(2,3)4/h7H,5-6H2,1-4H3. The van der Waals surface area contributed by atoms with Crippen molar-refractivity contribution in [2.45, 2.75) is 46.6 Å². The minimum atomic E-state index is 0.184. The lowest BCUT2D eigenvalue weighted by atomic mass is 9.87. The van der Waals surface area contributed by atoms with Gasteiger partial charge < -0.3 is 4.84 Å². The van der Waals surface area contributed by atoms with Crippen molar-refractivity contribution in [2.75, 3.05) is 0 Å². The minimum Gasteiger partial charge on any atom is -0.392 e. The summed E-state index contributed by atoms with van der Waals surface area (Å²) in [6.07, 6.45) is 2.41. The lowest BCUT2D eigenvalue weighted by molar-refractivity contribution is 0.0828. The summed E-state index contributed by atoms with van der Waals surface area (Å²) in [5.74, 6) is 0. The van der Waals surface area contributed by atoms with Crippen LogP contribution in [0, 0.1) is 5.41 Å². The SMILES string of the molecule is CCC1CC(C(C)(C)C)=NO1. The Hall–Kier alpha value is -0.530. The van der Waals surface area contributed by atoms with Crippen molar-refractivity contribution < 1.29 is 4.84 Å². The average Bonchev–Trinajstić information content (AvgIpc) is 2.32. The van der Waals surface area contributed by atoms with Crippen molar-refractivity contribution >= 4 is 5.71 Å². The molecule has 0 bridgehead atoms. The predicted octanol–water partition coefficient (Wildman–Crippen LogP) is 2.59. The molecule has 0 spiro atoms. The van der Waals surface area contributed by atoms with E-state index in [0.717, 1.165) is 12.8 Å². The smallest absolute Gasteiger partial charge is 0.132 e. The summed E-state index contributed by atoms with van der Waals surface area (Å²) in [4.78, 5) is 5.23. The molecule has 0 saturated carbocycles. The van der Waals surface area contributed by atoms with Crippen LogP contribution in [0.2, 0.25) is 0 Å². The first-order valence-corrected chi connectivity index (χ1v) is 4.27. The highest BCUT2D eigenvalue weighted by molar-refractivity contribution is 5.90. The van der Waals surface area contributed by atoms with E-state index in [0.29, 0.717) is 6.10 Å². The quantitative estimate of drug-likeness (QED) is 0.570. The molecule has 0 fully saturated rings. The van der Waals surface area contributed by atoms with Gasteiger partial charge in [0.1, 0.15) is 6.10 Å². The van der Waals surface area contributed by atoms with E-state index in [2.05, 4.69) is 32.9 Å². The van der Waals surface area contributed by atoms with E-state index >= 15 is 0 Å². The maximum absolute atomic E-state index is 5.23. The normalized spacial score (nSPS) is 24.7. The summed E-state index contributed by atoms with van der Waals surface area (Å²) < 4.78 is 0. The van der Waals surface area contributed by atoms with Gasteiger partial charge in [-0.25, -0.2) is 0 Å². The van der Waals surface area contributed by atoms with Crippen LogP contribution in [-0.4, -0.2) is 11.8 Å². The number of oxime groups is 1. The molecule has 0 aromatic heterocycles. The fourth-order valence-corrected chi connectivity index (χ4v) is 1.09. The Balaban J connectivity index is 2.53. The van der Waals surface area contributed by atoms with Crippen LogP contribution in [0.1, 0.15) is 40.5 Å². The Morgan fingerprint density at radius 3 is 2.45 bits per heavy atom. The monoisotopic (exact) mass is 155 g/mol. The molecule has 11 heavy (non-hydrogen) atoms. The van der Waals surface area contributed by atoms with Crippen LogP contribution in [0.15, 0.2) is 5.16 Å². The van der Waals surface area contributed by atoms with Crippen LogP contribution >= 0.6 is 0 Å². The molecule has 0 amide bonds. The van der Waals surface area contributed by atoms with E-state index in [9.17, 15) is 0 Å². The number of rotatable bonds is 1. The first-order chi connectivity index (χ1) is 5.04. The van der Waals surface area contributed by atoms with Gasteiger partial charge in [0.25, 0.3) is 0 Å². The van der Waals surface area contributed by atoms with Crippen molar-refractivity contribution in [3.63, 3.8) is 0 Å². The van der Waals surface area contributed by atoms with Crippen molar-refractivity contribution in [3.8, 4) is 0 Å². The van der Waals surface area contributed by atoms with Crippen molar-refractivity contribution in [1.29, 1.82) is 0 Å². The summed E-state index contributed by atoms with van der Waals surface area (Å²) in [5.41, 5.74) is 1.38. The highest BCUT2D eigenvalue weighted by Gasteiger charge is 2.27. The number of hydrogen-bond acceptors (Lipinski definition) is 2. The molecule has 0 saturated heterocycles. The zero-order chi connectivity index (χ0) is 8.48. The number of hydrogen-bond donors (Lipinski definition) is 0. The van der Waals surface area contributed by atoms with Gasteiger partial charge in [-0.15, -0.1) is 0 Å². The molecule has 1 unspecified atom stereocenters. The van der Waals surface area contributed by atoms with E-state index in [1.807, 2.05) is 0 Å². The highest BCUT2D eigenvalue weighted by atomic mass is 16.6. The van der Waals surface area contributed by atoms with Gasteiger partial charge in [-0.05, 0) is 6.42 Å². The Morgan fingerprint density at radius 2 is 2.18 bits per heavy atom. The molecular weight excluding hydrogens is 138 g/mol. The lowest BCUT2D eigenvalue weighted by Gasteiger charge is -2.16. The third kappa shape index (κ3) is 1.95. The maximum atomic E-state index is 5.23. The van der Waals surface area contributed by atoms with Gasteiger partial charge in [0.15, 0.2) is 0 Å². The zero-order valence-electron chi connectivity index (χ0n) is 7.85.